The zero-order valence-corrected chi connectivity index (χ0v) is 24.3. The summed E-state index contributed by atoms with van der Waals surface area (Å²) in [6.45, 7) is 8.54. The third kappa shape index (κ3) is 6.16. The Hall–Kier alpha value is -5.02. The predicted molar refractivity (Wildman–Crippen MR) is 162 cm³/mol. The maximum atomic E-state index is 12.5. The van der Waals surface area contributed by atoms with Crippen LogP contribution in [0.4, 0.5) is 10.6 Å². The molecule has 1 fully saturated rings. The molecule has 4 aromatic rings. The Kier molecular flexibility index (Phi) is 8.04. The molecule has 5 rings (SSSR count). The highest BCUT2D eigenvalue weighted by Gasteiger charge is 2.27. The molecule has 1 aliphatic heterocycles. The van der Waals surface area contributed by atoms with E-state index < -0.39 is 11.6 Å². The summed E-state index contributed by atoms with van der Waals surface area (Å²) < 4.78 is 13.4. The lowest BCUT2D eigenvalue weighted by atomic mass is 9.97. The van der Waals surface area contributed by atoms with Crippen molar-refractivity contribution in [1.82, 2.24) is 19.4 Å². The first-order valence-corrected chi connectivity index (χ1v) is 14.0. The zero-order valence-electron chi connectivity index (χ0n) is 24.3. The van der Waals surface area contributed by atoms with E-state index in [2.05, 4.69) is 27.9 Å². The highest BCUT2D eigenvalue weighted by Crippen LogP contribution is 2.39. The molecular weight excluding hydrogens is 528 g/mol. The van der Waals surface area contributed by atoms with Crippen molar-refractivity contribution in [1.29, 1.82) is 5.26 Å². The number of ether oxygens (including phenoxy) is 2. The number of nitrogens with two attached hydrogens (primary N) is 1. The number of aromatic nitrogens is 3. The number of nitrogens with zero attached hydrogens (tertiary/aromatic N) is 5. The summed E-state index contributed by atoms with van der Waals surface area (Å²) >= 11 is 0. The highest BCUT2D eigenvalue weighted by atomic mass is 16.6. The number of rotatable bonds is 4. The molecule has 0 spiro atoms. The fourth-order valence-corrected chi connectivity index (χ4v) is 5.01. The van der Waals surface area contributed by atoms with E-state index in [4.69, 9.17) is 15.2 Å². The Morgan fingerprint density at radius 1 is 1.05 bits per heavy atom. The lowest BCUT2D eigenvalue weighted by molar-refractivity contribution is 0.0199. The van der Waals surface area contributed by atoms with Crippen LogP contribution in [0.5, 0.6) is 11.5 Å². The lowest BCUT2D eigenvalue weighted by Gasteiger charge is -2.31. The fraction of sp³-hybridized carbons (Fsp3) is 0.333. The maximum Gasteiger partial charge on any atom is 0.410 e. The van der Waals surface area contributed by atoms with Gasteiger partial charge < -0.3 is 24.7 Å². The van der Waals surface area contributed by atoms with Crippen molar-refractivity contribution in [3.05, 3.63) is 66.6 Å². The van der Waals surface area contributed by atoms with Gasteiger partial charge >= 0.3 is 6.09 Å². The number of carbonyl (C=O) groups is 1. The minimum atomic E-state index is -0.547. The van der Waals surface area contributed by atoms with Crippen LogP contribution in [-0.4, -0.2) is 44.2 Å². The third-order valence-corrected chi connectivity index (χ3v) is 7.05. The highest BCUT2D eigenvalue weighted by molar-refractivity contribution is 6.03. The molecule has 2 N–H and O–H groups in total. The number of benzene rings is 2. The lowest BCUT2D eigenvalue weighted by Crippen LogP contribution is -2.41. The Balaban J connectivity index is 1.50. The van der Waals surface area contributed by atoms with Crippen LogP contribution >= 0.6 is 0 Å². The van der Waals surface area contributed by atoms with E-state index in [-0.39, 0.29) is 12.0 Å². The number of hydrogen-bond acceptors (Lipinski definition) is 7. The molecule has 3 heterocycles. The van der Waals surface area contributed by atoms with Crippen LogP contribution in [0, 0.1) is 29.1 Å². The summed E-state index contributed by atoms with van der Waals surface area (Å²) in [5, 5.41) is 10.6. The first-order chi connectivity index (χ1) is 20.1. The van der Waals surface area contributed by atoms with E-state index in [9.17, 15) is 10.1 Å². The summed E-state index contributed by atoms with van der Waals surface area (Å²) in [5.74, 6) is 8.64. The quantitative estimate of drug-likeness (QED) is 0.280. The van der Waals surface area contributed by atoms with E-state index in [1.165, 1.54) is 6.33 Å². The second-order valence-electron chi connectivity index (χ2n) is 11.3. The molecule has 0 bridgehead atoms. The van der Waals surface area contributed by atoms with Crippen LogP contribution < -0.4 is 10.5 Å². The Morgan fingerprint density at radius 2 is 1.71 bits per heavy atom. The van der Waals surface area contributed by atoms with Gasteiger partial charge in [0.05, 0.1) is 11.5 Å². The molecule has 214 valence electrons. The number of piperidine rings is 1. The number of likely N-dealkylation sites (tertiary alicyclic amines) is 1. The van der Waals surface area contributed by atoms with E-state index in [0.29, 0.717) is 41.4 Å². The van der Waals surface area contributed by atoms with Gasteiger partial charge in [0.25, 0.3) is 0 Å². The van der Waals surface area contributed by atoms with Crippen molar-refractivity contribution in [2.75, 3.05) is 18.8 Å². The van der Waals surface area contributed by atoms with Crippen molar-refractivity contribution in [3.63, 3.8) is 0 Å². The van der Waals surface area contributed by atoms with Crippen molar-refractivity contribution in [2.24, 2.45) is 5.92 Å². The average Bonchev–Trinajstić information content (AvgIpc) is 3.31. The molecule has 0 radical (unpaired) electrons. The van der Waals surface area contributed by atoms with Crippen LogP contribution in [0.1, 0.15) is 52.3 Å². The second-order valence-corrected chi connectivity index (χ2v) is 11.3. The number of fused-ring (bicyclic) bond motifs is 1. The second kappa shape index (κ2) is 11.8. The first-order valence-electron chi connectivity index (χ1n) is 14.0. The fourth-order valence-electron chi connectivity index (χ4n) is 5.01. The van der Waals surface area contributed by atoms with Gasteiger partial charge in [0.15, 0.2) is 0 Å². The van der Waals surface area contributed by atoms with Gasteiger partial charge in [-0.2, -0.15) is 5.26 Å². The molecule has 0 aliphatic carbocycles. The van der Waals surface area contributed by atoms with Gasteiger partial charge in [-0.3, -0.25) is 0 Å². The van der Waals surface area contributed by atoms with Crippen molar-refractivity contribution >= 4 is 22.9 Å². The van der Waals surface area contributed by atoms with Gasteiger partial charge in [0, 0.05) is 24.6 Å². The average molecular weight is 563 g/mol. The van der Waals surface area contributed by atoms with Crippen molar-refractivity contribution in [3.8, 4) is 40.5 Å². The number of nitriles is 1. The largest absolute Gasteiger partial charge is 0.457 e. The number of amides is 1. The summed E-state index contributed by atoms with van der Waals surface area (Å²) in [6.07, 6.45) is 2.56. The van der Waals surface area contributed by atoms with Gasteiger partial charge in [-0.15, -0.1) is 0 Å². The predicted octanol–water partition coefficient (Wildman–Crippen LogP) is 6.56. The molecule has 1 atom stereocenters. The molecule has 1 unspecified atom stereocenters. The smallest absolute Gasteiger partial charge is 0.410 e. The Bertz CT molecular complexity index is 1680. The van der Waals surface area contributed by atoms with Gasteiger partial charge in [0.2, 0.25) is 0 Å². The molecule has 1 amide bonds. The summed E-state index contributed by atoms with van der Waals surface area (Å²) in [6, 6.07) is 19.0. The Morgan fingerprint density at radius 3 is 2.36 bits per heavy atom. The van der Waals surface area contributed by atoms with Crippen LogP contribution in [0.15, 0.2) is 60.9 Å². The van der Waals surface area contributed by atoms with Crippen molar-refractivity contribution in [2.45, 2.75) is 52.2 Å². The monoisotopic (exact) mass is 562 g/mol. The maximum absolute atomic E-state index is 12.5. The van der Waals surface area contributed by atoms with Gasteiger partial charge in [0.1, 0.15) is 46.6 Å². The minimum Gasteiger partial charge on any atom is -0.457 e. The number of nitrogen functional groups attached to an aromatic ring is 1. The molecule has 0 saturated carbocycles. The summed E-state index contributed by atoms with van der Waals surface area (Å²) in [5.41, 5.74) is 8.71. The molecule has 9 nitrogen and oxygen atoms in total. The van der Waals surface area contributed by atoms with Crippen LogP contribution in [0.2, 0.25) is 0 Å². The van der Waals surface area contributed by atoms with Crippen LogP contribution in [0.25, 0.3) is 22.2 Å². The SMILES string of the molecule is CC(C#N)n1c(C#CC2CCN(C(=O)OC(C)(C)C)CC2)c(-c2ccc(Oc3ccccc3)cc2)c2c(N)ncnc21. The van der Waals surface area contributed by atoms with Gasteiger partial charge in [-0.1, -0.05) is 36.3 Å². The summed E-state index contributed by atoms with van der Waals surface area (Å²) in [4.78, 5) is 23.0. The number of para-hydroxylation sites is 1. The number of anilines is 1. The molecule has 2 aromatic carbocycles. The van der Waals surface area contributed by atoms with Crippen molar-refractivity contribution < 1.29 is 14.3 Å². The van der Waals surface area contributed by atoms with E-state index in [1.54, 1.807) is 4.90 Å². The number of carbonyl (C=O) groups excluding carboxylic acids is 1. The molecule has 1 saturated heterocycles. The van der Waals surface area contributed by atoms with E-state index in [1.807, 2.05) is 86.9 Å². The van der Waals surface area contributed by atoms with E-state index in [0.717, 1.165) is 29.7 Å². The topological polar surface area (TPSA) is 119 Å². The first kappa shape index (κ1) is 28.5. The van der Waals surface area contributed by atoms with Crippen LogP contribution in [0.3, 0.4) is 0 Å². The van der Waals surface area contributed by atoms with Gasteiger partial charge in [-0.05, 0) is 76.3 Å². The molecular formula is C33H34N6O3. The Labute approximate surface area is 245 Å². The van der Waals surface area contributed by atoms with Gasteiger partial charge in [-0.25, -0.2) is 14.8 Å². The van der Waals surface area contributed by atoms with Crippen LogP contribution in [-0.2, 0) is 4.74 Å². The van der Waals surface area contributed by atoms with E-state index >= 15 is 0 Å². The molecule has 9 heteroatoms. The summed E-state index contributed by atoms with van der Waals surface area (Å²) in [7, 11) is 0. The molecule has 1 aliphatic rings. The molecule has 2 aromatic heterocycles. The zero-order chi connectivity index (χ0) is 29.9. The normalized spacial score (nSPS) is 14.5. The minimum absolute atomic E-state index is 0.0745. The molecule has 42 heavy (non-hydrogen) atoms. The standard InChI is InChI=1S/C33H34N6O3/c1-22(20-34)39-27(15-10-23-16-18-38(19-17-23)32(40)42-33(2,3)4)28(29-30(35)36-21-37-31(29)39)24-11-13-26(14-12-24)41-25-8-6-5-7-9-25/h5-9,11-14,21-23H,16-19H2,1-4H3,(H2,35,36,37). The third-order valence-electron chi connectivity index (χ3n) is 7.05. The number of hydrogen-bond donors (Lipinski definition) is 1.